The van der Waals surface area contributed by atoms with E-state index in [-0.39, 0.29) is 11.9 Å². The van der Waals surface area contributed by atoms with Crippen molar-refractivity contribution in [2.45, 2.75) is 25.8 Å². The molecule has 0 spiro atoms. The van der Waals surface area contributed by atoms with Crippen LogP contribution in [0.1, 0.15) is 36.9 Å². The summed E-state index contributed by atoms with van der Waals surface area (Å²) in [5, 5.41) is 0. The Morgan fingerprint density at radius 3 is 2.65 bits per heavy atom. The van der Waals surface area contributed by atoms with Crippen molar-refractivity contribution >= 4 is 11.9 Å². The van der Waals surface area contributed by atoms with Crippen molar-refractivity contribution in [2.24, 2.45) is 0 Å². The standard InChI is InChI=1S/C17H16N2O4/c1-3-5-11-10-18-17-15(12-6-4-9-19(12)2)16(11)22-13(20)7-8-14(21)23-17/h7-8,10,12H,4,6,9H2,1-2H3/b8-7+. The molecule has 1 atom stereocenters. The third-order valence-electron chi connectivity index (χ3n) is 3.90. The molecule has 1 saturated heterocycles. The molecule has 0 N–H and O–H groups in total. The average molecular weight is 312 g/mol. The van der Waals surface area contributed by atoms with Gasteiger partial charge in [0.25, 0.3) is 0 Å². The van der Waals surface area contributed by atoms with Crippen LogP contribution in [0.3, 0.4) is 0 Å². The number of esters is 2. The van der Waals surface area contributed by atoms with E-state index < -0.39 is 11.9 Å². The minimum Gasteiger partial charge on any atom is -0.421 e. The molecule has 2 bridgehead atoms. The van der Waals surface area contributed by atoms with Crippen LogP contribution in [0.4, 0.5) is 0 Å². The number of rotatable bonds is 1. The van der Waals surface area contributed by atoms with Crippen molar-refractivity contribution in [1.29, 1.82) is 0 Å². The molecule has 6 heteroatoms. The maximum atomic E-state index is 11.9. The maximum absolute atomic E-state index is 11.9. The molecule has 0 radical (unpaired) electrons. The molecule has 118 valence electrons. The summed E-state index contributed by atoms with van der Waals surface area (Å²) in [6.07, 6.45) is 5.41. The minimum atomic E-state index is -0.654. The van der Waals surface area contributed by atoms with Crippen LogP contribution in [0.5, 0.6) is 11.6 Å². The molecule has 1 aromatic heterocycles. The largest absolute Gasteiger partial charge is 0.421 e. The number of likely N-dealkylation sites (tertiary alicyclic amines) is 1. The molecular weight excluding hydrogens is 296 g/mol. The highest BCUT2D eigenvalue weighted by atomic mass is 16.6. The van der Waals surface area contributed by atoms with Gasteiger partial charge in [0.05, 0.1) is 17.3 Å². The first-order valence-corrected chi connectivity index (χ1v) is 7.37. The van der Waals surface area contributed by atoms with Crippen molar-refractivity contribution in [2.75, 3.05) is 13.6 Å². The third kappa shape index (κ3) is 2.96. The number of hydrogen-bond acceptors (Lipinski definition) is 6. The summed E-state index contributed by atoms with van der Waals surface area (Å²) in [6, 6.07) is -0.0372. The molecule has 3 rings (SSSR count). The van der Waals surface area contributed by atoms with Crippen LogP contribution >= 0.6 is 0 Å². The van der Waals surface area contributed by atoms with Gasteiger partial charge in [0.1, 0.15) is 0 Å². The molecule has 0 aromatic carbocycles. The van der Waals surface area contributed by atoms with E-state index in [1.807, 2.05) is 7.05 Å². The summed E-state index contributed by atoms with van der Waals surface area (Å²) >= 11 is 0. The predicted molar refractivity (Wildman–Crippen MR) is 81.8 cm³/mol. The number of hydrogen-bond donors (Lipinski definition) is 0. The second-order valence-electron chi connectivity index (χ2n) is 5.41. The lowest BCUT2D eigenvalue weighted by Crippen LogP contribution is -2.21. The molecule has 1 fully saturated rings. The van der Waals surface area contributed by atoms with E-state index in [0.717, 1.165) is 31.5 Å². The molecule has 0 amide bonds. The number of ether oxygens (including phenoxy) is 2. The zero-order valence-corrected chi connectivity index (χ0v) is 13.0. The fourth-order valence-electron chi connectivity index (χ4n) is 2.88. The lowest BCUT2D eigenvalue weighted by molar-refractivity contribution is -0.131. The zero-order chi connectivity index (χ0) is 16.4. The van der Waals surface area contributed by atoms with Crippen LogP contribution in [0.2, 0.25) is 0 Å². The highest BCUT2D eigenvalue weighted by Gasteiger charge is 2.33. The average Bonchev–Trinajstić information content (AvgIpc) is 2.94. The molecule has 1 aromatic rings. The van der Waals surface area contributed by atoms with Crippen LogP contribution in [0.25, 0.3) is 0 Å². The zero-order valence-electron chi connectivity index (χ0n) is 13.0. The quantitative estimate of drug-likeness (QED) is 0.579. The molecule has 3 heterocycles. The summed E-state index contributed by atoms with van der Waals surface area (Å²) in [5.41, 5.74) is 1.11. The van der Waals surface area contributed by atoms with E-state index in [2.05, 4.69) is 21.7 Å². The summed E-state index contributed by atoms with van der Waals surface area (Å²) in [6.45, 7) is 2.60. The Kier molecular flexibility index (Phi) is 4.13. The third-order valence-corrected chi connectivity index (χ3v) is 3.90. The summed E-state index contributed by atoms with van der Waals surface area (Å²) < 4.78 is 10.8. The van der Waals surface area contributed by atoms with Gasteiger partial charge in [-0.3, -0.25) is 4.90 Å². The fourth-order valence-corrected chi connectivity index (χ4v) is 2.88. The lowest BCUT2D eigenvalue weighted by atomic mass is 10.0. The normalized spacial score (nSPS) is 22.1. The number of fused-ring (bicyclic) bond motifs is 2. The van der Waals surface area contributed by atoms with Crippen molar-refractivity contribution in [1.82, 2.24) is 9.88 Å². The number of carbonyl (C=O) groups is 2. The van der Waals surface area contributed by atoms with Crippen molar-refractivity contribution in [3.05, 3.63) is 29.5 Å². The molecule has 0 aliphatic carbocycles. The van der Waals surface area contributed by atoms with Gasteiger partial charge in [-0.05, 0) is 33.4 Å². The summed E-state index contributed by atoms with van der Waals surface area (Å²) in [4.78, 5) is 30.1. The Hall–Kier alpha value is -2.65. The second-order valence-corrected chi connectivity index (χ2v) is 5.41. The first-order chi connectivity index (χ1) is 11.1. The van der Waals surface area contributed by atoms with Gasteiger partial charge in [0, 0.05) is 18.2 Å². The molecular formula is C17H16N2O4. The van der Waals surface area contributed by atoms with E-state index in [9.17, 15) is 9.59 Å². The fraction of sp³-hybridized carbons (Fsp3) is 0.353. The van der Waals surface area contributed by atoms with E-state index in [1.54, 1.807) is 6.92 Å². The van der Waals surface area contributed by atoms with Crippen LogP contribution in [0, 0.1) is 11.8 Å². The van der Waals surface area contributed by atoms with Crippen molar-refractivity contribution < 1.29 is 19.1 Å². The van der Waals surface area contributed by atoms with Crippen LogP contribution in [-0.2, 0) is 9.59 Å². The first-order valence-electron chi connectivity index (χ1n) is 7.37. The van der Waals surface area contributed by atoms with Crippen LogP contribution < -0.4 is 9.47 Å². The van der Waals surface area contributed by atoms with Crippen molar-refractivity contribution in [3.8, 4) is 23.5 Å². The van der Waals surface area contributed by atoms with E-state index >= 15 is 0 Å². The first kappa shape index (κ1) is 15.3. The Balaban J connectivity index is 2.23. The van der Waals surface area contributed by atoms with Gasteiger partial charge < -0.3 is 9.47 Å². The van der Waals surface area contributed by atoms with E-state index in [1.165, 1.54) is 6.20 Å². The Labute approximate surface area is 134 Å². The Morgan fingerprint density at radius 2 is 2.00 bits per heavy atom. The minimum absolute atomic E-state index is 0.0372. The van der Waals surface area contributed by atoms with Gasteiger partial charge >= 0.3 is 11.9 Å². The molecule has 0 saturated carbocycles. The van der Waals surface area contributed by atoms with Gasteiger partial charge in [0.2, 0.25) is 5.88 Å². The molecule has 2 aliphatic rings. The predicted octanol–water partition coefficient (Wildman–Crippen LogP) is 1.60. The van der Waals surface area contributed by atoms with Gasteiger partial charge in [0.15, 0.2) is 5.75 Å². The number of aromatic nitrogens is 1. The van der Waals surface area contributed by atoms with E-state index in [0.29, 0.717) is 16.9 Å². The van der Waals surface area contributed by atoms with Gasteiger partial charge in [-0.2, -0.15) is 0 Å². The molecule has 6 nitrogen and oxygen atoms in total. The highest BCUT2D eigenvalue weighted by molar-refractivity contribution is 5.94. The Morgan fingerprint density at radius 1 is 1.26 bits per heavy atom. The smallest absolute Gasteiger partial charge is 0.337 e. The Bertz CT molecular complexity index is 758. The summed E-state index contributed by atoms with van der Waals surface area (Å²) in [5.74, 6) is 4.89. The number of carbonyl (C=O) groups excluding carboxylic acids is 2. The maximum Gasteiger partial charge on any atom is 0.337 e. The highest BCUT2D eigenvalue weighted by Crippen LogP contribution is 2.42. The second kappa shape index (κ2) is 6.23. The monoisotopic (exact) mass is 312 g/mol. The van der Waals surface area contributed by atoms with Gasteiger partial charge in [-0.1, -0.05) is 5.92 Å². The molecule has 1 unspecified atom stereocenters. The number of nitrogens with zero attached hydrogens (tertiary/aromatic N) is 2. The SMILES string of the molecule is CC#Cc1cnc2c(C3CCCN3C)c1OC(=O)/C=C/C(=O)O2. The van der Waals surface area contributed by atoms with Crippen LogP contribution in [-0.4, -0.2) is 35.4 Å². The van der Waals surface area contributed by atoms with Crippen molar-refractivity contribution in [3.63, 3.8) is 0 Å². The number of pyridine rings is 1. The van der Waals surface area contributed by atoms with Crippen LogP contribution in [0.15, 0.2) is 18.3 Å². The summed E-state index contributed by atoms with van der Waals surface area (Å²) in [7, 11) is 1.98. The van der Waals surface area contributed by atoms with Gasteiger partial charge in [-0.25, -0.2) is 14.6 Å². The molecule has 23 heavy (non-hydrogen) atoms. The lowest BCUT2D eigenvalue weighted by Gasteiger charge is -2.23. The van der Waals surface area contributed by atoms with E-state index in [4.69, 9.17) is 9.47 Å². The topological polar surface area (TPSA) is 68.7 Å². The molecule has 2 aliphatic heterocycles. The van der Waals surface area contributed by atoms with Gasteiger partial charge in [-0.15, -0.1) is 5.92 Å².